The molecule has 0 aromatic rings. The van der Waals surface area contributed by atoms with Crippen LogP contribution in [0.15, 0.2) is 0 Å². The van der Waals surface area contributed by atoms with E-state index in [1.807, 2.05) is 92.4 Å². The standard InChI is InChI=1S/2C8H21N3S2.C7H11NO3S.C5H15N3S2/c2*1-5-12-13-8(11-4)7(10-3)6-9-2;1-3-12-5-4-6(9)8(11-2)7(5)10;1-2-9-10-5(8)4(7)3-6/h2*7-11H,5-6H2,1-4H3;5H,3-4H2,1-2H3;4-5H,2-3,6-8H2,1H3. The van der Waals surface area contributed by atoms with Crippen molar-refractivity contribution in [2.75, 3.05) is 92.0 Å². The number of amides is 2. The summed E-state index contributed by atoms with van der Waals surface area (Å²) < 4.78 is 0. The predicted octanol–water partition coefficient (Wildman–Crippen LogP) is 1.87. The number of nitrogens with two attached hydrogens (primary N) is 3. The Morgan fingerprint density at radius 3 is 1.48 bits per heavy atom. The van der Waals surface area contributed by atoms with Crippen LogP contribution in [-0.4, -0.2) is 148 Å². The molecule has 2 amide bonds. The Balaban J connectivity index is -0.000000565. The van der Waals surface area contributed by atoms with Crippen molar-refractivity contribution in [3.8, 4) is 0 Å². The Hall–Kier alpha value is 1.19. The van der Waals surface area contributed by atoms with Gasteiger partial charge in [0.1, 0.15) is 0 Å². The van der Waals surface area contributed by atoms with E-state index in [2.05, 4.69) is 57.5 Å². The maximum atomic E-state index is 11.3. The van der Waals surface area contributed by atoms with Gasteiger partial charge in [0.05, 0.1) is 34.9 Å². The highest BCUT2D eigenvalue weighted by Gasteiger charge is 2.39. The van der Waals surface area contributed by atoms with Gasteiger partial charge in [0.15, 0.2) is 0 Å². The number of hydroxylamine groups is 2. The summed E-state index contributed by atoms with van der Waals surface area (Å²) in [4.78, 5) is 27.0. The van der Waals surface area contributed by atoms with Gasteiger partial charge in [-0.25, -0.2) is 0 Å². The van der Waals surface area contributed by atoms with Crippen LogP contribution < -0.4 is 49.1 Å². The van der Waals surface area contributed by atoms with E-state index in [9.17, 15) is 9.59 Å². The van der Waals surface area contributed by atoms with Gasteiger partial charge < -0.3 is 49.1 Å². The van der Waals surface area contributed by atoms with E-state index in [0.29, 0.717) is 29.4 Å². The molecular formula is C28H68N10O3S7. The molecule has 0 radical (unpaired) electrons. The van der Waals surface area contributed by atoms with Crippen LogP contribution >= 0.6 is 76.5 Å². The van der Waals surface area contributed by atoms with Crippen LogP contribution in [0.1, 0.15) is 34.1 Å². The second kappa shape index (κ2) is 37.9. The van der Waals surface area contributed by atoms with Gasteiger partial charge in [-0.15, -0.1) is 11.8 Å². The number of hydrogen-bond acceptors (Lipinski definition) is 19. The van der Waals surface area contributed by atoms with Gasteiger partial charge in [0.2, 0.25) is 0 Å². The number of carbonyl (C=O) groups excluding carboxylic acids is 2. The SMILES string of the molecule is CCSC1CC(=O)N(OC)C1=O.CCSSC(N)C(N)CN.CCSSC(NC)C(CNC)NC.CCSSC(NC)C(CNC)NC. The fraction of sp³-hybridized carbons (Fsp3) is 0.929. The lowest BCUT2D eigenvalue weighted by molar-refractivity contribution is -0.179. The monoisotopic (exact) mass is 816 g/mol. The Morgan fingerprint density at radius 1 is 0.750 bits per heavy atom. The van der Waals surface area contributed by atoms with Crippen LogP contribution in [0.4, 0.5) is 0 Å². The molecule has 7 unspecified atom stereocenters. The smallest absolute Gasteiger partial charge is 0.267 e. The van der Waals surface area contributed by atoms with Gasteiger partial charge in [-0.1, -0.05) is 92.5 Å². The molecule has 0 spiro atoms. The van der Waals surface area contributed by atoms with E-state index in [1.54, 1.807) is 21.6 Å². The summed E-state index contributed by atoms with van der Waals surface area (Å²) in [5.41, 5.74) is 16.5. The fourth-order valence-electron chi connectivity index (χ4n) is 3.53. The lowest BCUT2D eigenvalue weighted by Crippen LogP contribution is -2.48. The van der Waals surface area contributed by atoms with E-state index in [0.717, 1.165) is 41.2 Å². The van der Waals surface area contributed by atoms with Crippen LogP contribution in [-0.2, 0) is 14.4 Å². The third kappa shape index (κ3) is 26.0. The lowest BCUT2D eigenvalue weighted by atomic mass is 10.3. The van der Waals surface area contributed by atoms with Crippen molar-refractivity contribution in [1.29, 1.82) is 0 Å². The number of nitrogens with zero attached hydrogens (tertiary/aromatic N) is 1. The highest BCUT2D eigenvalue weighted by Crippen LogP contribution is 2.27. The van der Waals surface area contributed by atoms with Crippen LogP contribution in [0.25, 0.3) is 0 Å². The van der Waals surface area contributed by atoms with Crippen LogP contribution in [0, 0.1) is 0 Å². The summed E-state index contributed by atoms with van der Waals surface area (Å²) in [6, 6.07) is 0.863. The molecular weight excluding hydrogens is 749 g/mol. The Morgan fingerprint density at radius 2 is 1.19 bits per heavy atom. The molecule has 0 bridgehead atoms. The van der Waals surface area contributed by atoms with Crippen molar-refractivity contribution in [3.05, 3.63) is 0 Å². The molecule has 0 aromatic carbocycles. The van der Waals surface area contributed by atoms with Gasteiger partial charge in [-0.2, -0.15) is 5.06 Å². The zero-order valence-corrected chi connectivity index (χ0v) is 36.7. The number of nitrogens with one attached hydrogen (secondary N) is 6. The molecule has 1 rings (SSSR count). The lowest BCUT2D eigenvalue weighted by Gasteiger charge is -2.25. The van der Waals surface area contributed by atoms with Gasteiger partial charge >= 0.3 is 0 Å². The molecule has 0 saturated carbocycles. The Kier molecular flexibility index (Phi) is 42.3. The number of thioether (sulfide) groups is 1. The van der Waals surface area contributed by atoms with Gasteiger partial charge in [-0.05, 0) is 48.0 Å². The summed E-state index contributed by atoms with van der Waals surface area (Å²) in [7, 11) is 24.2. The second-order valence-corrected chi connectivity index (χ2v) is 19.5. The minimum atomic E-state index is -0.242. The first-order valence-corrected chi connectivity index (χ1v) is 24.3. The maximum Gasteiger partial charge on any atom is 0.267 e. The molecule has 7 atom stereocenters. The van der Waals surface area contributed by atoms with Crippen LogP contribution in [0.2, 0.25) is 0 Å². The second-order valence-electron chi connectivity index (χ2n) is 9.55. The Labute approximate surface area is 320 Å². The quantitative estimate of drug-likeness (QED) is 0.0389. The first-order chi connectivity index (χ1) is 23.0. The predicted molar refractivity (Wildman–Crippen MR) is 227 cm³/mol. The van der Waals surface area contributed by atoms with E-state index in [4.69, 9.17) is 17.2 Å². The average molecular weight is 817 g/mol. The summed E-state index contributed by atoms with van der Waals surface area (Å²) in [5, 5.41) is 21.1. The third-order valence-electron chi connectivity index (χ3n) is 6.07. The van der Waals surface area contributed by atoms with Crippen molar-refractivity contribution < 1.29 is 14.4 Å². The molecule has 0 aromatic heterocycles. The van der Waals surface area contributed by atoms with Crippen molar-refractivity contribution >= 4 is 88.3 Å². The summed E-state index contributed by atoms with van der Waals surface area (Å²) in [5.74, 6) is 3.72. The fourth-order valence-corrected chi connectivity index (χ4v) is 10.9. The van der Waals surface area contributed by atoms with Crippen LogP contribution in [0.5, 0.6) is 0 Å². The zero-order chi connectivity index (χ0) is 37.3. The molecule has 48 heavy (non-hydrogen) atoms. The van der Waals surface area contributed by atoms with Gasteiger partial charge in [0, 0.05) is 55.0 Å². The van der Waals surface area contributed by atoms with Gasteiger partial charge in [0.25, 0.3) is 11.8 Å². The van der Waals surface area contributed by atoms with Crippen molar-refractivity contribution in [1.82, 2.24) is 37.0 Å². The normalized spacial score (nSPS) is 18.0. The number of imide groups is 1. The zero-order valence-electron chi connectivity index (χ0n) is 31.0. The number of likely N-dealkylation sites (N-methyl/N-ethyl adjacent to an activating group) is 6. The van der Waals surface area contributed by atoms with E-state index in [1.165, 1.54) is 18.9 Å². The molecule has 1 fully saturated rings. The molecule has 290 valence electrons. The molecule has 0 aliphatic carbocycles. The minimum Gasteiger partial charge on any atom is -0.329 e. The van der Waals surface area contributed by atoms with Gasteiger partial charge in [-0.3, -0.25) is 14.4 Å². The highest BCUT2D eigenvalue weighted by atomic mass is 33.1. The van der Waals surface area contributed by atoms with Crippen molar-refractivity contribution in [3.63, 3.8) is 0 Å². The average Bonchev–Trinajstić information content (AvgIpc) is 3.37. The van der Waals surface area contributed by atoms with Crippen molar-refractivity contribution in [2.45, 2.75) is 73.6 Å². The van der Waals surface area contributed by atoms with E-state index >= 15 is 0 Å². The number of carbonyl (C=O) groups is 2. The van der Waals surface area contributed by atoms with Crippen LogP contribution in [0.3, 0.4) is 0 Å². The maximum absolute atomic E-state index is 11.3. The molecule has 1 aliphatic heterocycles. The molecule has 20 heteroatoms. The minimum absolute atomic E-state index is 0.0325. The molecule has 13 nitrogen and oxygen atoms in total. The topological polar surface area (TPSA) is 197 Å². The number of hydrogen-bond donors (Lipinski definition) is 9. The summed E-state index contributed by atoms with van der Waals surface area (Å²) >= 11 is 1.48. The highest BCUT2D eigenvalue weighted by molar-refractivity contribution is 8.77. The number of rotatable bonds is 24. The van der Waals surface area contributed by atoms with E-state index < -0.39 is 0 Å². The molecule has 1 saturated heterocycles. The van der Waals surface area contributed by atoms with Crippen molar-refractivity contribution in [2.24, 2.45) is 17.2 Å². The Bertz CT molecular complexity index is 721. The third-order valence-corrected chi connectivity index (χ3v) is 15.7. The summed E-state index contributed by atoms with van der Waals surface area (Å²) in [6.07, 6.45) is 0.269. The largest absolute Gasteiger partial charge is 0.329 e. The molecule has 12 N–H and O–H groups in total. The van der Waals surface area contributed by atoms with E-state index in [-0.39, 0.29) is 34.9 Å². The molecule has 1 aliphatic rings. The molecule has 1 heterocycles. The first kappa shape index (κ1) is 53.5. The first-order valence-electron chi connectivity index (χ1n) is 16.1. The summed E-state index contributed by atoms with van der Waals surface area (Å²) in [6.45, 7) is 10.8.